The van der Waals surface area contributed by atoms with Crippen molar-refractivity contribution < 1.29 is 19.1 Å². The third-order valence-corrected chi connectivity index (χ3v) is 2.17. The molecular formula is C14H29N3O4. The summed E-state index contributed by atoms with van der Waals surface area (Å²) >= 11 is 0. The van der Waals surface area contributed by atoms with Crippen molar-refractivity contribution in [2.75, 3.05) is 13.1 Å². The van der Waals surface area contributed by atoms with E-state index < -0.39 is 23.4 Å². The van der Waals surface area contributed by atoms with Crippen LogP contribution in [-0.2, 0) is 9.47 Å². The molecule has 21 heavy (non-hydrogen) atoms. The molecule has 2 amide bonds. The number of rotatable bonds is 5. The predicted octanol–water partition coefficient (Wildman–Crippen LogP) is 1.75. The third kappa shape index (κ3) is 12.0. The standard InChI is InChI=1S/C14H29N3O4/c1-13(2,3)20-11(18)16-8-7-10(9-15)17-12(19)21-14(4,5)6/h10H,7-9,15H2,1-6H3,(H,16,18)(H,17,19)/t10-/m1/s1. The smallest absolute Gasteiger partial charge is 0.407 e. The molecule has 4 N–H and O–H groups in total. The van der Waals surface area contributed by atoms with Crippen LogP contribution in [-0.4, -0.2) is 42.5 Å². The molecule has 0 aromatic heterocycles. The fourth-order valence-electron chi connectivity index (χ4n) is 1.39. The normalized spacial score (nSPS) is 13.3. The molecule has 1 atom stereocenters. The van der Waals surface area contributed by atoms with Gasteiger partial charge in [0.15, 0.2) is 0 Å². The van der Waals surface area contributed by atoms with E-state index in [0.717, 1.165) is 0 Å². The molecule has 0 rings (SSSR count). The summed E-state index contributed by atoms with van der Waals surface area (Å²) in [7, 11) is 0. The number of ether oxygens (including phenoxy) is 2. The number of nitrogens with one attached hydrogen (secondary N) is 2. The lowest BCUT2D eigenvalue weighted by Gasteiger charge is -2.23. The van der Waals surface area contributed by atoms with Crippen LogP contribution in [0.3, 0.4) is 0 Å². The second kappa shape index (κ2) is 8.07. The van der Waals surface area contributed by atoms with Crippen LogP contribution in [0.4, 0.5) is 9.59 Å². The Morgan fingerprint density at radius 1 is 1.00 bits per heavy atom. The van der Waals surface area contributed by atoms with Gasteiger partial charge in [-0.05, 0) is 48.0 Å². The first-order chi connectivity index (χ1) is 9.43. The van der Waals surface area contributed by atoms with E-state index in [2.05, 4.69) is 10.6 Å². The maximum Gasteiger partial charge on any atom is 0.407 e. The zero-order chi connectivity index (χ0) is 16.7. The Bertz CT molecular complexity index is 345. The van der Waals surface area contributed by atoms with Gasteiger partial charge in [0.2, 0.25) is 0 Å². The highest BCUT2D eigenvalue weighted by Crippen LogP contribution is 2.07. The quantitative estimate of drug-likeness (QED) is 0.718. The first kappa shape index (κ1) is 19.5. The number of nitrogens with two attached hydrogens (primary N) is 1. The lowest BCUT2D eigenvalue weighted by atomic mass is 10.2. The molecule has 0 aliphatic carbocycles. The SMILES string of the molecule is CC(C)(C)OC(=O)NCC[C@H](CN)NC(=O)OC(C)(C)C. The first-order valence-corrected chi connectivity index (χ1v) is 7.09. The number of hydrogen-bond donors (Lipinski definition) is 3. The zero-order valence-corrected chi connectivity index (χ0v) is 13.9. The molecule has 0 spiro atoms. The summed E-state index contributed by atoms with van der Waals surface area (Å²) in [6, 6.07) is -0.269. The molecule has 0 bridgehead atoms. The fourth-order valence-corrected chi connectivity index (χ4v) is 1.39. The van der Waals surface area contributed by atoms with Gasteiger partial charge in [-0.3, -0.25) is 0 Å². The Balaban J connectivity index is 4.06. The largest absolute Gasteiger partial charge is 0.444 e. The summed E-state index contributed by atoms with van der Waals surface area (Å²) in [5.41, 5.74) is 4.50. The Hall–Kier alpha value is -1.50. The van der Waals surface area contributed by atoms with Gasteiger partial charge in [-0.25, -0.2) is 9.59 Å². The third-order valence-electron chi connectivity index (χ3n) is 2.17. The number of carbonyl (C=O) groups excluding carboxylic acids is 2. The van der Waals surface area contributed by atoms with Crippen LogP contribution in [0.5, 0.6) is 0 Å². The minimum absolute atomic E-state index is 0.259. The average molecular weight is 303 g/mol. The Labute approximate surface area is 126 Å². The average Bonchev–Trinajstić information content (AvgIpc) is 2.22. The number of alkyl carbamates (subject to hydrolysis) is 2. The fraction of sp³-hybridized carbons (Fsp3) is 0.857. The molecule has 7 nitrogen and oxygen atoms in total. The Morgan fingerprint density at radius 3 is 1.90 bits per heavy atom. The van der Waals surface area contributed by atoms with E-state index in [-0.39, 0.29) is 12.6 Å². The molecule has 0 fully saturated rings. The summed E-state index contributed by atoms with van der Waals surface area (Å²) in [4.78, 5) is 23.1. The first-order valence-electron chi connectivity index (χ1n) is 7.09. The van der Waals surface area contributed by atoms with E-state index in [1.54, 1.807) is 41.5 Å². The van der Waals surface area contributed by atoms with Crippen LogP contribution in [0, 0.1) is 0 Å². The van der Waals surface area contributed by atoms with Crippen LogP contribution in [0.25, 0.3) is 0 Å². The van der Waals surface area contributed by atoms with Crippen molar-refractivity contribution in [1.82, 2.24) is 10.6 Å². The summed E-state index contributed by atoms with van der Waals surface area (Å²) in [6.07, 6.45) is -0.514. The van der Waals surface area contributed by atoms with Gasteiger partial charge in [0.1, 0.15) is 11.2 Å². The molecule has 0 radical (unpaired) electrons. The minimum Gasteiger partial charge on any atom is -0.444 e. The minimum atomic E-state index is -0.558. The van der Waals surface area contributed by atoms with E-state index in [0.29, 0.717) is 13.0 Å². The van der Waals surface area contributed by atoms with Gasteiger partial charge in [0.25, 0.3) is 0 Å². The van der Waals surface area contributed by atoms with Crippen LogP contribution in [0.2, 0.25) is 0 Å². The van der Waals surface area contributed by atoms with E-state index in [1.807, 2.05) is 0 Å². The van der Waals surface area contributed by atoms with Crippen molar-refractivity contribution in [2.45, 2.75) is 65.2 Å². The second-order valence-electron chi connectivity index (χ2n) is 6.80. The Kier molecular flexibility index (Phi) is 7.49. The molecule has 0 heterocycles. The van der Waals surface area contributed by atoms with Crippen molar-refractivity contribution in [3.05, 3.63) is 0 Å². The lowest BCUT2D eigenvalue weighted by Crippen LogP contribution is -2.45. The molecule has 0 saturated carbocycles. The number of hydrogen-bond acceptors (Lipinski definition) is 5. The highest BCUT2D eigenvalue weighted by atomic mass is 16.6. The summed E-state index contributed by atoms with van der Waals surface area (Å²) in [6.45, 7) is 11.3. The van der Waals surface area contributed by atoms with Crippen molar-refractivity contribution in [1.29, 1.82) is 0 Å². The van der Waals surface area contributed by atoms with Crippen LogP contribution in [0.1, 0.15) is 48.0 Å². The van der Waals surface area contributed by atoms with Crippen LogP contribution >= 0.6 is 0 Å². The molecule has 0 unspecified atom stereocenters. The molecule has 0 aliphatic heterocycles. The maximum atomic E-state index is 11.6. The van der Waals surface area contributed by atoms with Crippen molar-refractivity contribution in [2.24, 2.45) is 5.73 Å². The molecule has 0 aliphatic rings. The summed E-state index contributed by atoms with van der Waals surface area (Å²) < 4.78 is 10.3. The van der Waals surface area contributed by atoms with Gasteiger partial charge in [0.05, 0.1) is 0 Å². The summed E-state index contributed by atoms with van der Waals surface area (Å²) in [5, 5.41) is 5.28. The molecule has 7 heteroatoms. The van der Waals surface area contributed by atoms with E-state index in [9.17, 15) is 9.59 Å². The predicted molar refractivity (Wildman–Crippen MR) is 81.1 cm³/mol. The van der Waals surface area contributed by atoms with Crippen LogP contribution in [0.15, 0.2) is 0 Å². The molecule has 0 saturated heterocycles. The topological polar surface area (TPSA) is 103 Å². The van der Waals surface area contributed by atoms with Gasteiger partial charge in [-0.15, -0.1) is 0 Å². The van der Waals surface area contributed by atoms with Crippen molar-refractivity contribution in [3.8, 4) is 0 Å². The number of carbonyl (C=O) groups is 2. The van der Waals surface area contributed by atoms with Gasteiger partial charge < -0.3 is 25.8 Å². The maximum absolute atomic E-state index is 11.6. The van der Waals surface area contributed by atoms with E-state index >= 15 is 0 Å². The van der Waals surface area contributed by atoms with E-state index in [4.69, 9.17) is 15.2 Å². The molecule has 0 aromatic rings. The van der Waals surface area contributed by atoms with Gasteiger partial charge in [-0.1, -0.05) is 0 Å². The monoisotopic (exact) mass is 303 g/mol. The van der Waals surface area contributed by atoms with Gasteiger partial charge in [-0.2, -0.15) is 0 Å². The van der Waals surface area contributed by atoms with Crippen molar-refractivity contribution >= 4 is 12.2 Å². The van der Waals surface area contributed by atoms with Gasteiger partial charge in [0, 0.05) is 19.1 Å². The highest BCUT2D eigenvalue weighted by Gasteiger charge is 2.19. The highest BCUT2D eigenvalue weighted by molar-refractivity contribution is 5.68. The number of amides is 2. The Morgan fingerprint density at radius 2 is 1.48 bits per heavy atom. The molecule has 0 aromatic carbocycles. The lowest BCUT2D eigenvalue weighted by molar-refractivity contribution is 0.0501. The second-order valence-corrected chi connectivity index (χ2v) is 6.80. The van der Waals surface area contributed by atoms with E-state index in [1.165, 1.54) is 0 Å². The van der Waals surface area contributed by atoms with Gasteiger partial charge >= 0.3 is 12.2 Å². The molecule has 124 valence electrons. The molecular weight excluding hydrogens is 274 g/mol. The summed E-state index contributed by atoms with van der Waals surface area (Å²) in [5.74, 6) is 0. The van der Waals surface area contributed by atoms with Crippen molar-refractivity contribution in [3.63, 3.8) is 0 Å². The van der Waals surface area contributed by atoms with Crippen LogP contribution < -0.4 is 16.4 Å². The zero-order valence-electron chi connectivity index (χ0n) is 13.9.